The van der Waals surface area contributed by atoms with Gasteiger partial charge in [0.15, 0.2) is 0 Å². The van der Waals surface area contributed by atoms with Crippen molar-refractivity contribution >= 4 is 49.6 Å². The summed E-state index contributed by atoms with van der Waals surface area (Å²) in [6, 6.07) is 73.0. The first-order valence-corrected chi connectivity index (χ1v) is 20.4. The highest BCUT2D eigenvalue weighted by atomic mass is 15.1. The van der Waals surface area contributed by atoms with Gasteiger partial charge in [0.25, 0.3) is 0 Å². The van der Waals surface area contributed by atoms with Gasteiger partial charge in [-0.1, -0.05) is 153 Å². The Morgan fingerprint density at radius 1 is 0.362 bits per heavy atom. The Bertz CT molecular complexity index is 3320. The second kappa shape index (κ2) is 11.2. The SMILES string of the molecule is CC1(C)c2ccccc2-c2cc(N(c3ccccc3)c3cc4c5c6c7c(cccc7ccc6n(-c6ccccc6)c5c3)C43c4ccccc4-c4ccccc43)ccc21. The van der Waals surface area contributed by atoms with Crippen molar-refractivity contribution in [3.05, 3.63) is 228 Å². The fourth-order valence-corrected chi connectivity index (χ4v) is 11.4. The lowest BCUT2D eigenvalue weighted by Crippen LogP contribution is -2.31. The summed E-state index contributed by atoms with van der Waals surface area (Å²) in [6.07, 6.45) is 0. The summed E-state index contributed by atoms with van der Waals surface area (Å²) >= 11 is 0. The summed E-state index contributed by atoms with van der Waals surface area (Å²) in [5, 5.41) is 5.30. The van der Waals surface area contributed by atoms with Gasteiger partial charge in [0, 0.05) is 38.9 Å². The maximum atomic E-state index is 2.54. The molecule has 0 N–H and O–H groups in total. The molecule has 0 bridgehead atoms. The van der Waals surface area contributed by atoms with Gasteiger partial charge in [-0.2, -0.15) is 0 Å². The van der Waals surface area contributed by atoms with Crippen LogP contribution >= 0.6 is 0 Å². The molecule has 1 heterocycles. The zero-order valence-electron chi connectivity index (χ0n) is 32.4. The lowest BCUT2D eigenvalue weighted by atomic mass is 9.63. The molecule has 0 unspecified atom stereocenters. The van der Waals surface area contributed by atoms with Gasteiger partial charge in [0.2, 0.25) is 0 Å². The molecule has 0 radical (unpaired) electrons. The van der Waals surface area contributed by atoms with Crippen LogP contribution in [0.3, 0.4) is 0 Å². The number of hydrogen-bond donors (Lipinski definition) is 0. The molecule has 3 aliphatic rings. The first-order chi connectivity index (χ1) is 28.5. The predicted molar refractivity (Wildman–Crippen MR) is 241 cm³/mol. The van der Waals surface area contributed by atoms with Crippen LogP contribution in [0, 0.1) is 0 Å². The average Bonchev–Trinajstić information content (AvgIpc) is 3.85. The van der Waals surface area contributed by atoms with E-state index in [4.69, 9.17) is 0 Å². The van der Waals surface area contributed by atoms with Crippen molar-refractivity contribution in [2.45, 2.75) is 24.7 Å². The van der Waals surface area contributed by atoms with Crippen LogP contribution in [0.2, 0.25) is 0 Å². The van der Waals surface area contributed by atoms with Crippen molar-refractivity contribution in [3.63, 3.8) is 0 Å². The first kappa shape index (κ1) is 32.0. The van der Waals surface area contributed by atoms with Gasteiger partial charge in [-0.05, 0) is 121 Å². The molecule has 3 aliphatic carbocycles. The molecule has 2 nitrogen and oxygen atoms in total. The Morgan fingerprint density at radius 2 is 0.966 bits per heavy atom. The van der Waals surface area contributed by atoms with Crippen LogP contribution < -0.4 is 4.90 Å². The van der Waals surface area contributed by atoms with Gasteiger partial charge < -0.3 is 9.47 Å². The summed E-state index contributed by atoms with van der Waals surface area (Å²) in [7, 11) is 0. The largest absolute Gasteiger partial charge is 0.310 e. The number of nitrogens with zero attached hydrogens (tertiary/aromatic N) is 2. The van der Waals surface area contributed by atoms with E-state index in [9.17, 15) is 0 Å². The van der Waals surface area contributed by atoms with Crippen LogP contribution in [0.25, 0.3) is 60.5 Å². The number of rotatable bonds is 4. The highest BCUT2D eigenvalue weighted by molar-refractivity contribution is 6.27. The van der Waals surface area contributed by atoms with Crippen LogP contribution in [0.15, 0.2) is 194 Å². The van der Waals surface area contributed by atoms with Crippen molar-refractivity contribution in [1.29, 1.82) is 0 Å². The maximum absolute atomic E-state index is 2.54. The second-order valence-corrected chi connectivity index (χ2v) is 16.8. The van der Waals surface area contributed by atoms with Crippen LogP contribution in [0.1, 0.15) is 47.2 Å². The molecule has 13 rings (SSSR count). The third-order valence-electron chi connectivity index (χ3n) is 13.7. The van der Waals surface area contributed by atoms with Crippen LogP contribution in [0.4, 0.5) is 17.1 Å². The molecule has 0 fully saturated rings. The summed E-state index contributed by atoms with van der Waals surface area (Å²) in [5.74, 6) is 0. The van der Waals surface area contributed by atoms with Crippen LogP contribution in [0.5, 0.6) is 0 Å². The monoisotopic (exact) mass is 738 g/mol. The van der Waals surface area contributed by atoms with Gasteiger partial charge in [-0.25, -0.2) is 0 Å². The van der Waals surface area contributed by atoms with Crippen LogP contribution in [-0.4, -0.2) is 4.57 Å². The average molecular weight is 739 g/mol. The fraction of sp³-hybridized carbons (Fsp3) is 0.0714. The molecule has 0 aliphatic heterocycles. The quantitative estimate of drug-likeness (QED) is 0.175. The second-order valence-electron chi connectivity index (χ2n) is 16.8. The molecule has 9 aromatic carbocycles. The van der Waals surface area contributed by atoms with E-state index in [1.54, 1.807) is 0 Å². The zero-order valence-corrected chi connectivity index (χ0v) is 32.4. The molecule has 2 heteroatoms. The minimum Gasteiger partial charge on any atom is -0.310 e. The van der Waals surface area contributed by atoms with E-state index < -0.39 is 5.41 Å². The topological polar surface area (TPSA) is 8.17 Å². The smallest absolute Gasteiger partial charge is 0.0727 e. The number of para-hydroxylation sites is 2. The maximum Gasteiger partial charge on any atom is 0.0727 e. The van der Waals surface area contributed by atoms with Gasteiger partial charge in [-0.3, -0.25) is 0 Å². The lowest BCUT2D eigenvalue weighted by molar-refractivity contribution is 0.660. The number of benzene rings is 9. The van der Waals surface area contributed by atoms with E-state index in [1.807, 2.05) is 0 Å². The molecule has 1 aromatic heterocycles. The Hall–Kier alpha value is -7.16. The highest BCUT2D eigenvalue weighted by Crippen LogP contribution is 2.63. The van der Waals surface area contributed by atoms with Crippen molar-refractivity contribution in [2.75, 3.05) is 4.90 Å². The zero-order chi connectivity index (χ0) is 38.3. The van der Waals surface area contributed by atoms with E-state index in [0.717, 1.165) is 22.7 Å². The minimum atomic E-state index is -0.533. The Labute approximate surface area is 337 Å². The Balaban J connectivity index is 1.21. The van der Waals surface area contributed by atoms with E-state index in [1.165, 1.54) is 88.2 Å². The third-order valence-corrected chi connectivity index (χ3v) is 13.7. The Morgan fingerprint density at radius 3 is 1.69 bits per heavy atom. The Kier molecular flexibility index (Phi) is 6.20. The molecule has 0 atom stereocenters. The fourth-order valence-electron chi connectivity index (χ4n) is 11.4. The van der Waals surface area contributed by atoms with Gasteiger partial charge >= 0.3 is 0 Å². The first-order valence-electron chi connectivity index (χ1n) is 20.4. The minimum absolute atomic E-state index is 0.0733. The van der Waals surface area contributed by atoms with Crippen LogP contribution in [-0.2, 0) is 10.8 Å². The summed E-state index contributed by atoms with van der Waals surface area (Å²) in [5.41, 5.74) is 19.8. The molecule has 1 spiro atoms. The molecule has 0 saturated carbocycles. The standard InChI is InChI=1S/C56H38N2/c1-55(2)44-24-12-9-23-42(44)43-32-38(29-30-45(43)55)57(36-17-5-3-6-18-36)39-33-49-53-51(34-39)58(37-19-7-4-8-20-37)50-31-28-35-16-15-27-48(52(35)54(50)53)56(49)46-25-13-10-21-40(46)41-22-11-14-26-47(41)56/h3-34H,1-2H3. The normalized spacial score (nSPS) is 14.7. The molecule has 0 amide bonds. The number of fused-ring (bicyclic) bond motifs is 10. The van der Waals surface area contributed by atoms with Gasteiger partial charge in [-0.15, -0.1) is 0 Å². The summed E-state index contributed by atoms with van der Waals surface area (Å²) < 4.78 is 2.52. The third kappa shape index (κ3) is 3.88. The molecule has 0 saturated heterocycles. The van der Waals surface area contributed by atoms with Crippen molar-refractivity contribution in [3.8, 4) is 27.9 Å². The number of anilines is 3. The van der Waals surface area contributed by atoms with Gasteiger partial charge in [0.05, 0.1) is 16.4 Å². The van der Waals surface area contributed by atoms with E-state index in [-0.39, 0.29) is 5.41 Å². The predicted octanol–water partition coefficient (Wildman–Crippen LogP) is 14.4. The number of aromatic nitrogens is 1. The highest BCUT2D eigenvalue weighted by Gasteiger charge is 2.50. The van der Waals surface area contributed by atoms with Gasteiger partial charge in [0.1, 0.15) is 0 Å². The summed E-state index contributed by atoms with van der Waals surface area (Å²) in [4.78, 5) is 2.49. The van der Waals surface area contributed by atoms with Crippen molar-refractivity contribution in [2.24, 2.45) is 0 Å². The molecule has 58 heavy (non-hydrogen) atoms. The lowest BCUT2D eigenvalue weighted by Gasteiger charge is -2.39. The van der Waals surface area contributed by atoms with E-state index in [2.05, 4.69) is 217 Å². The molecule has 272 valence electrons. The summed E-state index contributed by atoms with van der Waals surface area (Å²) in [6.45, 7) is 4.72. The van der Waals surface area contributed by atoms with E-state index >= 15 is 0 Å². The number of hydrogen-bond acceptors (Lipinski definition) is 1. The molecular formula is C56H38N2. The van der Waals surface area contributed by atoms with Crippen molar-refractivity contribution in [1.82, 2.24) is 4.57 Å². The molecular weight excluding hydrogens is 701 g/mol. The van der Waals surface area contributed by atoms with E-state index in [0.29, 0.717) is 0 Å². The van der Waals surface area contributed by atoms with Crippen molar-refractivity contribution < 1.29 is 0 Å². The molecule has 10 aromatic rings.